The lowest BCUT2D eigenvalue weighted by atomic mass is 9.72. The van der Waals surface area contributed by atoms with Crippen molar-refractivity contribution in [2.45, 2.75) is 48.6 Å². The summed E-state index contributed by atoms with van der Waals surface area (Å²) in [6.45, 7) is 8.20. The summed E-state index contributed by atoms with van der Waals surface area (Å²) in [7, 11) is 0. The molecule has 1 aromatic rings. The molecule has 1 aliphatic heterocycles. The van der Waals surface area contributed by atoms with E-state index in [1.54, 1.807) is 0 Å². The second-order valence-corrected chi connectivity index (χ2v) is 10.9. The lowest BCUT2D eigenvalue weighted by molar-refractivity contribution is -0.133. The predicted octanol–water partition coefficient (Wildman–Crippen LogP) is 5.44. The summed E-state index contributed by atoms with van der Waals surface area (Å²) in [5, 5.41) is 0. The summed E-state index contributed by atoms with van der Waals surface area (Å²) in [5.41, 5.74) is 1.75. The minimum Gasteiger partial charge on any atom is -0.273 e. The minimum absolute atomic E-state index is 0.117. The van der Waals surface area contributed by atoms with E-state index in [0.717, 1.165) is 9.87 Å². The monoisotopic (exact) mass is 407 g/mol. The zero-order valence-electron chi connectivity index (χ0n) is 14.0. The Hall–Kier alpha value is -0.420. The van der Waals surface area contributed by atoms with Gasteiger partial charge in [0.2, 0.25) is 11.8 Å². The summed E-state index contributed by atoms with van der Waals surface area (Å²) < 4.78 is -0.759. The highest BCUT2D eigenvalue weighted by Crippen LogP contribution is 2.47. The summed E-state index contributed by atoms with van der Waals surface area (Å²) in [5.74, 6) is -0.676. The third-order valence-electron chi connectivity index (χ3n) is 4.49. The molecule has 0 N–H and O–H groups in total. The number of imide groups is 1. The molecule has 0 radical (unpaired) electrons. The average molecular weight is 409 g/mol. The Morgan fingerprint density at radius 1 is 1.12 bits per heavy atom. The Kier molecular flexibility index (Phi) is 5.86. The molecule has 3 nitrogen and oxygen atoms in total. The molecule has 1 unspecified atom stereocenters. The number of benzene rings is 1. The van der Waals surface area contributed by atoms with Crippen LogP contribution in [0, 0.1) is 5.92 Å². The van der Waals surface area contributed by atoms with Crippen LogP contribution in [0.5, 0.6) is 0 Å². The van der Waals surface area contributed by atoms with Gasteiger partial charge in [-0.2, -0.15) is 0 Å². The van der Waals surface area contributed by atoms with Crippen molar-refractivity contribution in [3.05, 3.63) is 35.4 Å². The third kappa shape index (κ3) is 4.21. The quantitative estimate of drug-likeness (QED) is 0.378. The number of halogens is 3. The Labute approximate surface area is 162 Å². The van der Waals surface area contributed by atoms with E-state index in [0.29, 0.717) is 17.9 Å². The van der Waals surface area contributed by atoms with Crippen molar-refractivity contribution in [3.8, 4) is 0 Å². The van der Waals surface area contributed by atoms with Crippen LogP contribution >= 0.6 is 46.8 Å². The molecule has 1 heterocycles. The number of hydrogen-bond donors (Lipinski definition) is 0. The fraction of sp³-hybridized carbons (Fsp3) is 0.529. The molecule has 0 aromatic heterocycles. The average Bonchev–Trinajstić information content (AvgIpc) is 2.74. The molecular formula is C17H20Cl3NO2S. The van der Waals surface area contributed by atoms with Gasteiger partial charge in [0.15, 0.2) is 0 Å². The van der Waals surface area contributed by atoms with Crippen LogP contribution in [0.4, 0.5) is 0 Å². The molecule has 24 heavy (non-hydrogen) atoms. The van der Waals surface area contributed by atoms with Crippen molar-refractivity contribution in [1.82, 2.24) is 4.31 Å². The maximum absolute atomic E-state index is 12.7. The molecule has 1 aromatic carbocycles. The van der Waals surface area contributed by atoms with Crippen molar-refractivity contribution in [3.63, 3.8) is 0 Å². The molecule has 7 heteroatoms. The molecule has 0 bridgehead atoms. The van der Waals surface area contributed by atoms with Gasteiger partial charge in [-0.15, -0.1) is 0 Å². The first-order chi connectivity index (χ1) is 10.9. The molecule has 0 spiro atoms. The van der Waals surface area contributed by atoms with Crippen LogP contribution in [0.1, 0.15) is 51.2 Å². The van der Waals surface area contributed by atoms with Crippen LogP contribution in [0.2, 0.25) is 0 Å². The number of hydrogen-bond acceptors (Lipinski definition) is 3. The van der Waals surface area contributed by atoms with Gasteiger partial charge in [-0.25, -0.2) is 4.31 Å². The van der Waals surface area contributed by atoms with Crippen LogP contribution < -0.4 is 0 Å². The van der Waals surface area contributed by atoms with Crippen LogP contribution in [0.25, 0.3) is 0 Å². The number of nitrogens with zero attached hydrogens (tertiary/aromatic N) is 1. The molecule has 132 valence electrons. The molecule has 2 amide bonds. The predicted molar refractivity (Wildman–Crippen MR) is 101 cm³/mol. The second kappa shape index (κ2) is 7.06. The first-order valence-electron chi connectivity index (χ1n) is 7.66. The highest BCUT2D eigenvalue weighted by Gasteiger charge is 2.49. The highest BCUT2D eigenvalue weighted by molar-refractivity contribution is 8.03. The topological polar surface area (TPSA) is 37.4 Å². The molecular weight excluding hydrogens is 389 g/mol. The van der Waals surface area contributed by atoms with Gasteiger partial charge in [0, 0.05) is 23.8 Å². The number of carbonyl (C=O) groups excluding carboxylic acids is 2. The standard InChI is InChI=1S/C17H20Cl3NO2S/c1-10(2)11-5-7-12(8-6-11)16(3,4)13-9-14(22)21(15(13)23)24-17(18,19)20/h5-8,10,13H,9H2,1-4H3. The number of carbonyl (C=O) groups is 2. The first-order valence-corrected chi connectivity index (χ1v) is 9.57. The van der Waals surface area contributed by atoms with Crippen molar-refractivity contribution >= 4 is 58.6 Å². The number of rotatable bonds is 4. The maximum Gasteiger partial charge on any atom is 0.256 e. The summed E-state index contributed by atoms with van der Waals surface area (Å²) in [4.78, 5) is 24.9. The van der Waals surface area contributed by atoms with Crippen molar-refractivity contribution in [1.29, 1.82) is 0 Å². The maximum atomic E-state index is 12.7. The van der Waals surface area contributed by atoms with E-state index in [1.807, 2.05) is 26.0 Å². The van der Waals surface area contributed by atoms with Gasteiger partial charge in [-0.3, -0.25) is 9.59 Å². The largest absolute Gasteiger partial charge is 0.273 e. The third-order valence-corrected chi connectivity index (χ3v) is 5.89. The highest BCUT2D eigenvalue weighted by atomic mass is 35.6. The molecule has 1 fully saturated rings. The van der Waals surface area contributed by atoms with Gasteiger partial charge < -0.3 is 0 Å². The second-order valence-electron chi connectivity index (χ2n) is 6.82. The number of amides is 2. The molecule has 2 rings (SSSR count). The van der Waals surface area contributed by atoms with Crippen molar-refractivity contribution < 1.29 is 9.59 Å². The van der Waals surface area contributed by atoms with Crippen molar-refractivity contribution in [2.24, 2.45) is 5.92 Å². The fourth-order valence-corrected chi connectivity index (χ4v) is 4.09. The van der Waals surface area contributed by atoms with Crippen molar-refractivity contribution in [2.75, 3.05) is 0 Å². The fourth-order valence-electron chi connectivity index (χ4n) is 2.87. The van der Waals surface area contributed by atoms with Crippen LogP contribution in [-0.2, 0) is 15.0 Å². The van der Waals surface area contributed by atoms with Gasteiger partial charge in [-0.05, 0) is 17.0 Å². The summed E-state index contributed by atoms with van der Waals surface area (Å²) >= 11 is 17.8. The lowest BCUT2D eigenvalue weighted by Crippen LogP contribution is -2.35. The van der Waals surface area contributed by atoms with E-state index in [9.17, 15) is 9.59 Å². The van der Waals surface area contributed by atoms with E-state index < -0.39 is 14.5 Å². The Morgan fingerprint density at radius 2 is 1.67 bits per heavy atom. The zero-order valence-corrected chi connectivity index (χ0v) is 17.1. The molecule has 0 aliphatic carbocycles. The Balaban J connectivity index is 2.26. The number of alkyl halides is 3. The van der Waals surface area contributed by atoms with E-state index in [-0.39, 0.29) is 18.2 Å². The molecule has 1 atom stereocenters. The molecule has 1 saturated heterocycles. The van der Waals surface area contributed by atoms with E-state index in [2.05, 4.69) is 26.0 Å². The molecule has 1 aliphatic rings. The lowest BCUT2D eigenvalue weighted by Gasteiger charge is -2.31. The SMILES string of the molecule is CC(C)c1ccc(C(C)(C)C2CC(=O)N(SC(Cl)(Cl)Cl)C2=O)cc1. The minimum atomic E-state index is -1.75. The normalized spacial score (nSPS) is 19.5. The zero-order chi connectivity index (χ0) is 18.3. The van der Waals surface area contributed by atoms with Gasteiger partial charge >= 0.3 is 0 Å². The van der Waals surface area contributed by atoms with Gasteiger partial charge in [0.25, 0.3) is 3.12 Å². The smallest absolute Gasteiger partial charge is 0.256 e. The van der Waals surface area contributed by atoms with E-state index in [4.69, 9.17) is 34.8 Å². The summed E-state index contributed by atoms with van der Waals surface area (Å²) in [6.07, 6.45) is 0.117. The van der Waals surface area contributed by atoms with E-state index >= 15 is 0 Å². The van der Waals surface area contributed by atoms with Gasteiger partial charge in [0.1, 0.15) is 0 Å². The van der Waals surface area contributed by atoms with Gasteiger partial charge in [0.05, 0.1) is 5.92 Å². The van der Waals surface area contributed by atoms with Crippen LogP contribution in [0.3, 0.4) is 0 Å². The Bertz CT molecular complexity index is 638. The van der Waals surface area contributed by atoms with E-state index in [1.165, 1.54) is 5.56 Å². The molecule has 0 saturated carbocycles. The summed E-state index contributed by atoms with van der Waals surface area (Å²) in [6, 6.07) is 8.18. The first kappa shape index (κ1) is 19.9. The van der Waals surface area contributed by atoms with Gasteiger partial charge in [-0.1, -0.05) is 86.8 Å². The Morgan fingerprint density at radius 3 is 2.12 bits per heavy atom. The van der Waals surface area contributed by atoms with Crippen LogP contribution in [-0.4, -0.2) is 19.2 Å². The van der Waals surface area contributed by atoms with Crippen LogP contribution in [0.15, 0.2) is 24.3 Å².